The molecule has 1 atom stereocenters. The molecule has 0 bridgehead atoms. The number of hydrogen-bond donors (Lipinski definition) is 2. The number of carbonyl (C=O) groups is 2. The van der Waals surface area contributed by atoms with Gasteiger partial charge >= 0.3 is 12.0 Å². The van der Waals surface area contributed by atoms with Gasteiger partial charge in [0, 0.05) is 19.6 Å². The summed E-state index contributed by atoms with van der Waals surface area (Å²) in [5.41, 5.74) is 1.92. The van der Waals surface area contributed by atoms with Crippen LogP contribution in [0.4, 0.5) is 9.18 Å². The third-order valence-corrected chi connectivity index (χ3v) is 3.76. The highest BCUT2D eigenvalue weighted by Gasteiger charge is 2.30. The lowest BCUT2D eigenvalue weighted by Gasteiger charge is -2.17. The number of likely N-dealkylation sites (tertiary alicyclic amines) is 1. The van der Waals surface area contributed by atoms with E-state index in [0.29, 0.717) is 30.6 Å². The summed E-state index contributed by atoms with van der Waals surface area (Å²) in [6.45, 7) is 4.36. The molecule has 1 fully saturated rings. The van der Waals surface area contributed by atoms with E-state index in [9.17, 15) is 14.0 Å². The standard InChI is InChI=1S/C15H19FN2O3/c1-9-5-11(6-10(2)13(9)16)7-17-15(21)18-4-3-12(8-18)14(19)20/h5-6,12H,3-4,7-8H2,1-2H3,(H,17,21)(H,19,20). The first-order valence-electron chi connectivity index (χ1n) is 6.89. The third kappa shape index (κ3) is 3.51. The Bertz CT molecular complexity index is 551. The Morgan fingerprint density at radius 1 is 1.38 bits per heavy atom. The van der Waals surface area contributed by atoms with Crippen molar-refractivity contribution in [3.05, 3.63) is 34.6 Å². The topological polar surface area (TPSA) is 69.6 Å². The lowest BCUT2D eigenvalue weighted by atomic mass is 10.1. The second kappa shape index (κ2) is 6.11. The normalized spacial score (nSPS) is 17.9. The van der Waals surface area contributed by atoms with Crippen LogP contribution in [0, 0.1) is 25.6 Å². The Balaban J connectivity index is 1.92. The van der Waals surface area contributed by atoms with Crippen molar-refractivity contribution in [3.8, 4) is 0 Å². The van der Waals surface area contributed by atoms with Crippen LogP contribution in [0.3, 0.4) is 0 Å². The van der Waals surface area contributed by atoms with Crippen molar-refractivity contribution in [2.45, 2.75) is 26.8 Å². The Morgan fingerprint density at radius 2 is 2.00 bits per heavy atom. The zero-order chi connectivity index (χ0) is 15.6. The molecule has 0 aromatic heterocycles. The van der Waals surface area contributed by atoms with E-state index in [0.717, 1.165) is 5.56 Å². The Labute approximate surface area is 122 Å². The van der Waals surface area contributed by atoms with E-state index < -0.39 is 11.9 Å². The highest BCUT2D eigenvalue weighted by atomic mass is 19.1. The summed E-state index contributed by atoms with van der Waals surface area (Å²) >= 11 is 0. The minimum Gasteiger partial charge on any atom is -0.481 e. The van der Waals surface area contributed by atoms with E-state index in [-0.39, 0.29) is 18.4 Å². The number of nitrogens with one attached hydrogen (secondary N) is 1. The summed E-state index contributed by atoms with van der Waals surface area (Å²) in [4.78, 5) is 24.3. The number of carboxylic acids is 1. The van der Waals surface area contributed by atoms with E-state index in [1.807, 2.05) is 0 Å². The number of carboxylic acid groups (broad SMARTS) is 1. The molecule has 1 unspecified atom stereocenters. The number of carbonyl (C=O) groups excluding carboxylic acids is 1. The first-order valence-corrected chi connectivity index (χ1v) is 6.89. The molecule has 2 N–H and O–H groups in total. The SMILES string of the molecule is Cc1cc(CNC(=O)N2CCC(C(=O)O)C2)cc(C)c1F. The summed E-state index contributed by atoms with van der Waals surface area (Å²) in [7, 11) is 0. The smallest absolute Gasteiger partial charge is 0.317 e. The zero-order valence-corrected chi connectivity index (χ0v) is 12.1. The molecule has 2 amide bonds. The predicted molar refractivity (Wildman–Crippen MR) is 75.4 cm³/mol. The fourth-order valence-electron chi connectivity index (χ4n) is 2.57. The van der Waals surface area contributed by atoms with Crippen molar-refractivity contribution < 1.29 is 19.1 Å². The molecule has 1 aromatic carbocycles. The van der Waals surface area contributed by atoms with E-state index in [2.05, 4.69) is 5.32 Å². The largest absolute Gasteiger partial charge is 0.481 e. The molecular weight excluding hydrogens is 275 g/mol. The molecule has 0 radical (unpaired) electrons. The number of hydrogen-bond acceptors (Lipinski definition) is 2. The van der Waals surface area contributed by atoms with Gasteiger partial charge in [-0.25, -0.2) is 9.18 Å². The minimum atomic E-state index is -0.866. The Hall–Kier alpha value is -2.11. The Kier molecular flexibility index (Phi) is 4.45. The van der Waals surface area contributed by atoms with Gasteiger partial charge in [-0.1, -0.05) is 12.1 Å². The van der Waals surface area contributed by atoms with Crippen molar-refractivity contribution >= 4 is 12.0 Å². The summed E-state index contributed by atoms with van der Waals surface area (Å²) in [5.74, 6) is -1.57. The van der Waals surface area contributed by atoms with Crippen LogP contribution in [-0.4, -0.2) is 35.1 Å². The third-order valence-electron chi connectivity index (χ3n) is 3.76. The number of benzene rings is 1. The minimum absolute atomic E-state index is 0.228. The van der Waals surface area contributed by atoms with Gasteiger partial charge in [0.2, 0.25) is 0 Å². The van der Waals surface area contributed by atoms with Crippen LogP contribution in [0.25, 0.3) is 0 Å². The van der Waals surface area contributed by atoms with Gasteiger partial charge < -0.3 is 15.3 Å². The average molecular weight is 294 g/mol. The fraction of sp³-hybridized carbons (Fsp3) is 0.467. The van der Waals surface area contributed by atoms with Gasteiger partial charge in [-0.2, -0.15) is 0 Å². The molecule has 6 heteroatoms. The molecule has 0 saturated carbocycles. The molecule has 1 heterocycles. The molecule has 0 aliphatic carbocycles. The molecule has 5 nitrogen and oxygen atoms in total. The Morgan fingerprint density at radius 3 is 2.52 bits per heavy atom. The first kappa shape index (κ1) is 15.3. The summed E-state index contributed by atoms with van der Waals surface area (Å²) in [6.07, 6.45) is 0.484. The number of amides is 2. The van der Waals surface area contributed by atoms with Crippen LogP contribution in [0.5, 0.6) is 0 Å². The van der Waals surface area contributed by atoms with Gasteiger partial charge in [-0.3, -0.25) is 4.79 Å². The quantitative estimate of drug-likeness (QED) is 0.896. The van der Waals surface area contributed by atoms with Crippen LogP contribution in [0.15, 0.2) is 12.1 Å². The van der Waals surface area contributed by atoms with E-state index >= 15 is 0 Å². The summed E-state index contributed by atoms with van der Waals surface area (Å²) in [6, 6.07) is 3.12. The van der Waals surface area contributed by atoms with Gasteiger partial charge in [0.1, 0.15) is 5.82 Å². The second-order valence-electron chi connectivity index (χ2n) is 5.47. The molecule has 0 spiro atoms. The molecule has 21 heavy (non-hydrogen) atoms. The van der Waals surface area contributed by atoms with Gasteiger partial charge in [0.05, 0.1) is 5.92 Å². The summed E-state index contributed by atoms with van der Waals surface area (Å²) in [5, 5.41) is 11.7. The highest BCUT2D eigenvalue weighted by molar-refractivity contribution is 5.77. The molecule has 1 aliphatic rings. The maximum Gasteiger partial charge on any atom is 0.317 e. The van der Waals surface area contributed by atoms with Crippen LogP contribution in [0.2, 0.25) is 0 Å². The zero-order valence-electron chi connectivity index (χ0n) is 12.1. The van der Waals surface area contributed by atoms with E-state index in [1.165, 1.54) is 4.90 Å². The van der Waals surface area contributed by atoms with Crippen molar-refractivity contribution in [3.63, 3.8) is 0 Å². The van der Waals surface area contributed by atoms with Crippen molar-refractivity contribution in [1.29, 1.82) is 0 Å². The molecule has 1 aromatic rings. The van der Waals surface area contributed by atoms with Crippen molar-refractivity contribution in [2.75, 3.05) is 13.1 Å². The van der Waals surface area contributed by atoms with E-state index in [4.69, 9.17) is 5.11 Å². The average Bonchev–Trinajstić information content (AvgIpc) is 2.92. The lowest BCUT2D eigenvalue weighted by Crippen LogP contribution is -2.38. The maximum atomic E-state index is 13.5. The number of urea groups is 1. The monoisotopic (exact) mass is 294 g/mol. The lowest BCUT2D eigenvalue weighted by molar-refractivity contribution is -0.141. The van der Waals surface area contributed by atoms with Gasteiger partial charge in [-0.15, -0.1) is 0 Å². The highest BCUT2D eigenvalue weighted by Crippen LogP contribution is 2.17. The molecule has 2 rings (SSSR count). The number of aliphatic carboxylic acids is 1. The van der Waals surface area contributed by atoms with E-state index in [1.54, 1.807) is 26.0 Å². The maximum absolute atomic E-state index is 13.5. The van der Waals surface area contributed by atoms with Crippen molar-refractivity contribution in [2.24, 2.45) is 5.92 Å². The summed E-state index contributed by atoms with van der Waals surface area (Å²) < 4.78 is 13.5. The molecular formula is C15H19FN2O3. The fourth-order valence-corrected chi connectivity index (χ4v) is 2.57. The van der Waals surface area contributed by atoms with Crippen LogP contribution in [0.1, 0.15) is 23.1 Å². The van der Waals surface area contributed by atoms with Gasteiger partial charge in [0.25, 0.3) is 0 Å². The number of rotatable bonds is 3. The number of halogens is 1. The predicted octanol–water partition coefficient (Wildman–Crippen LogP) is 2.06. The van der Waals surface area contributed by atoms with Gasteiger partial charge in [-0.05, 0) is 37.0 Å². The van der Waals surface area contributed by atoms with Crippen LogP contribution in [-0.2, 0) is 11.3 Å². The van der Waals surface area contributed by atoms with Crippen LogP contribution >= 0.6 is 0 Å². The van der Waals surface area contributed by atoms with Gasteiger partial charge in [0.15, 0.2) is 0 Å². The number of aryl methyl sites for hydroxylation is 2. The second-order valence-corrected chi connectivity index (χ2v) is 5.47. The molecule has 1 aliphatic heterocycles. The van der Waals surface area contributed by atoms with Crippen LogP contribution < -0.4 is 5.32 Å². The van der Waals surface area contributed by atoms with Crippen molar-refractivity contribution in [1.82, 2.24) is 10.2 Å². The number of nitrogens with zero attached hydrogens (tertiary/aromatic N) is 1. The molecule has 114 valence electrons. The first-order chi connectivity index (χ1) is 9.88. The molecule has 1 saturated heterocycles.